The van der Waals surface area contributed by atoms with E-state index >= 15 is 0 Å². The Morgan fingerprint density at radius 2 is 1.25 bits per heavy atom. The summed E-state index contributed by atoms with van der Waals surface area (Å²) in [6.07, 6.45) is 7.39. The number of hydrogen-bond donors (Lipinski definition) is 2. The highest BCUT2D eigenvalue weighted by Crippen LogP contribution is 2.44. The van der Waals surface area contributed by atoms with E-state index in [9.17, 15) is 0 Å². The van der Waals surface area contributed by atoms with Gasteiger partial charge in [-0.25, -0.2) is 0 Å². The molecule has 0 saturated carbocycles. The van der Waals surface area contributed by atoms with Crippen molar-refractivity contribution < 1.29 is 0 Å². The van der Waals surface area contributed by atoms with E-state index in [2.05, 4.69) is 187 Å². The minimum absolute atomic E-state index is 0.610. The maximum absolute atomic E-state index is 4.86. The van der Waals surface area contributed by atoms with Gasteiger partial charge in [-0.1, -0.05) is 166 Å². The first kappa shape index (κ1) is 35.7. The molecule has 9 rings (SSSR count). The summed E-state index contributed by atoms with van der Waals surface area (Å²) in [4.78, 5) is 4.86. The van der Waals surface area contributed by atoms with E-state index in [-0.39, 0.29) is 0 Å². The quantitative estimate of drug-likeness (QED) is 0.121. The number of benzene rings is 8. The second-order valence-corrected chi connectivity index (χ2v) is 13.8. The van der Waals surface area contributed by atoms with Gasteiger partial charge in [0, 0.05) is 17.5 Å². The maximum Gasteiger partial charge on any atom is 0.0914 e. The molecule has 8 aromatic carbocycles. The van der Waals surface area contributed by atoms with Crippen LogP contribution >= 0.6 is 0 Å². The number of hydrogen-bond acceptors (Lipinski definition) is 3. The van der Waals surface area contributed by atoms with E-state index in [0.29, 0.717) is 6.67 Å². The smallest absolute Gasteiger partial charge is 0.0914 e. The number of nitrogens with zero attached hydrogens (tertiary/aromatic N) is 1. The number of allylic oxidation sites excluding steroid dienone is 1. The van der Waals surface area contributed by atoms with Crippen molar-refractivity contribution in [1.82, 2.24) is 10.6 Å². The zero-order chi connectivity index (χ0) is 37.8. The number of aliphatic imine (C=N–C) groups is 1. The van der Waals surface area contributed by atoms with Crippen LogP contribution in [-0.2, 0) is 5.54 Å². The van der Waals surface area contributed by atoms with E-state index in [1.54, 1.807) is 0 Å². The van der Waals surface area contributed by atoms with Gasteiger partial charge in [-0.2, -0.15) is 0 Å². The molecule has 55 heavy (non-hydrogen) atoms. The van der Waals surface area contributed by atoms with Gasteiger partial charge >= 0.3 is 0 Å². The zero-order valence-electron chi connectivity index (χ0n) is 32.1. The summed E-state index contributed by atoms with van der Waals surface area (Å²) in [6, 6.07) is 57.8. The van der Waals surface area contributed by atoms with Crippen molar-refractivity contribution in [1.29, 1.82) is 0 Å². The third-order valence-electron chi connectivity index (χ3n) is 10.7. The average Bonchev–Trinajstić information content (AvgIpc) is 3.26. The zero-order valence-corrected chi connectivity index (χ0v) is 32.1. The van der Waals surface area contributed by atoms with Crippen molar-refractivity contribution in [3.63, 3.8) is 0 Å². The molecule has 0 spiro atoms. The summed E-state index contributed by atoms with van der Waals surface area (Å²) < 4.78 is 0. The number of rotatable bonds is 8. The normalized spacial score (nSPS) is 15.9. The fraction of sp³-hybridized carbons (Fsp3) is 0.135. The molecule has 8 aromatic rings. The van der Waals surface area contributed by atoms with E-state index < -0.39 is 5.54 Å². The standard InChI is InChI=1S/C50H41N3.C2H6/c1-3-14-46(51-4-2)44-22-12-11-21-42(44)38-29-39(43-27-25-37-24-23-35-17-13-18-36-26-28-45(43)49(37)48(35)36)31-41(30-38)50(40-19-9-6-10-20-40)32-47(52-33-53-50)34-15-7-5-8-16-34;1-2/h4-32,52-53H,3,33H2,1-2H3;1-2H3/b46-14-,51-4?;. The largest absolute Gasteiger partial charge is 0.372 e. The van der Waals surface area contributed by atoms with Crippen LogP contribution in [0.5, 0.6) is 0 Å². The summed E-state index contributed by atoms with van der Waals surface area (Å²) in [5, 5.41) is 15.3. The Bertz CT molecular complexity index is 2670. The van der Waals surface area contributed by atoms with Crippen LogP contribution in [-0.4, -0.2) is 12.9 Å². The van der Waals surface area contributed by atoms with Gasteiger partial charge in [0.15, 0.2) is 0 Å². The lowest BCUT2D eigenvalue weighted by Gasteiger charge is -2.39. The molecule has 3 nitrogen and oxygen atoms in total. The molecular formula is C52H47N3. The highest BCUT2D eigenvalue weighted by molar-refractivity contribution is 6.25. The number of nitrogens with one attached hydrogen (secondary N) is 2. The van der Waals surface area contributed by atoms with Crippen LogP contribution < -0.4 is 10.6 Å². The highest BCUT2D eigenvalue weighted by atomic mass is 15.1. The van der Waals surface area contributed by atoms with Gasteiger partial charge in [-0.15, -0.1) is 0 Å². The lowest BCUT2D eigenvalue weighted by atomic mass is 9.78. The molecule has 0 saturated heterocycles. The van der Waals surface area contributed by atoms with Crippen LogP contribution in [0.25, 0.3) is 66.0 Å². The second-order valence-electron chi connectivity index (χ2n) is 13.8. The average molecular weight is 714 g/mol. The van der Waals surface area contributed by atoms with Crippen molar-refractivity contribution in [2.24, 2.45) is 4.99 Å². The Hall–Kier alpha value is -6.29. The van der Waals surface area contributed by atoms with Crippen molar-refractivity contribution in [3.8, 4) is 22.3 Å². The second kappa shape index (κ2) is 15.6. The summed E-state index contributed by atoms with van der Waals surface area (Å²) in [6.45, 7) is 8.77. The molecule has 0 radical (unpaired) electrons. The van der Waals surface area contributed by atoms with E-state index in [0.717, 1.165) is 40.1 Å². The monoisotopic (exact) mass is 713 g/mol. The van der Waals surface area contributed by atoms with Crippen LogP contribution in [0.2, 0.25) is 0 Å². The van der Waals surface area contributed by atoms with Crippen LogP contribution in [0, 0.1) is 0 Å². The van der Waals surface area contributed by atoms with Crippen LogP contribution in [0.4, 0.5) is 0 Å². The molecule has 0 aromatic heterocycles. The third-order valence-corrected chi connectivity index (χ3v) is 10.7. The SMILES string of the molecule is CC.CC=N/C(=C\CC)c1ccccc1-c1cc(-c2ccc3ccc4cccc5ccc2c3c45)cc(C2(c3ccccc3)C=C(c3ccccc3)NCN2)c1. The molecule has 1 unspecified atom stereocenters. The van der Waals surface area contributed by atoms with Gasteiger partial charge < -0.3 is 5.32 Å². The minimum Gasteiger partial charge on any atom is -0.372 e. The van der Waals surface area contributed by atoms with Crippen molar-refractivity contribution in [3.05, 3.63) is 192 Å². The van der Waals surface area contributed by atoms with Crippen molar-refractivity contribution >= 4 is 49.9 Å². The predicted octanol–water partition coefficient (Wildman–Crippen LogP) is 13.2. The topological polar surface area (TPSA) is 36.4 Å². The van der Waals surface area contributed by atoms with Gasteiger partial charge in [0.05, 0.1) is 17.9 Å². The first-order valence-electron chi connectivity index (χ1n) is 19.6. The summed E-state index contributed by atoms with van der Waals surface area (Å²) >= 11 is 0. The van der Waals surface area contributed by atoms with Crippen LogP contribution in [0.1, 0.15) is 56.4 Å². The molecule has 1 aliphatic rings. The lowest BCUT2D eigenvalue weighted by Crippen LogP contribution is -2.50. The fourth-order valence-corrected chi connectivity index (χ4v) is 8.32. The molecule has 2 N–H and O–H groups in total. The van der Waals surface area contributed by atoms with Gasteiger partial charge in [0.25, 0.3) is 0 Å². The van der Waals surface area contributed by atoms with Crippen LogP contribution in [0.15, 0.2) is 175 Å². The Labute approximate surface area is 325 Å². The first-order chi connectivity index (χ1) is 27.2. The third kappa shape index (κ3) is 6.51. The van der Waals surface area contributed by atoms with Gasteiger partial charge in [-0.05, 0) is 109 Å². The Morgan fingerprint density at radius 3 is 1.98 bits per heavy atom. The molecule has 1 aliphatic heterocycles. The predicted molar refractivity (Wildman–Crippen MR) is 238 cm³/mol. The Morgan fingerprint density at radius 1 is 0.618 bits per heavy atom. The van der Waals surface area contributed by atoms with Crippen molar-refractivity contribution in [2.75, 3.05) is 6.67 Å². The molecule has 270 valence electrons. The Kier molecular flexibility index (Phi) is 10.1. The van der Waals surface area contributed by atoms with Gasteiger partial charge in [-0.3, -0.25) is 10.3 Å². The first-order valence-corrected chi connectivity index (χ1v) is 19.6. The maximum atomic E-state index is 4.86. The summed E-state index contributed by atoms with van der Waals surface area (Å²) in [5.41, 5.74) is 10.8. The molecular weight excluding hydrogens is 667 g/mol. The minimum atomic E-state index is -0.620. The Balaban J connectivity index is 0.00000210. The molecule has 1 heterocycles. The van der Waals surface area contributed by atoms with Crippen LogP contribution in [0.3, 0.4) is 0 Å². The molecule has 0 aliphatic carbocycles. The molecule has 0 bridgehead atoms. The van der Waals surface area contributed by atoms with Crippen molar-refractivity contribution in [2.45, 2.75) is 39.7 Å². The molecule has 1 atom stereocenters. The summed E-state index contributed by atoms with van der Waals surface area (Å²) in [7, 11) is 0. The van der Waals surface area contributed by atoms with E-state index in [1.165, 1.54) is 54.6 Å². The van der Waals surface area contributed by atoms with Gasteiger partial charge in [0.1, 0.15) is 0 Å². The molecule has 0 amide bonds. The fourth-order valence-electron chi connectivity index (χ4n) is 8.32. The molecule has 3 heteroatoms. The van der Waals surface area contributed by atoms with Gasteiger partial charge in [0.2, 0.25) is 0 Å². The molecule has 0 fully saturated rings. The lowest BCUT2D eigenvalue weighted by molar-refractivity contribution is 0.460. The summed E-state index contributed by atoms with van der Waals surface area (Å²) in [5.74, 6) is 0. The van der Waals surface area contributed by atoms with E-state index in [1.807, 2.05) is 27.0 Å². The van der Waals surface area contributed by atoms with E-state index in [4.69, 9.17) is 4.99 Å². The highest BCUT2D eigenvalue weighted by Gasteiger charge is 2.36.